The molecule has 10 N–H and O–H groups in total. The van der Waals surface area contributed by atoms with Crippen LogP contribution in [0.1, 0.15) is 33.1 Å². The first-order valence-electron chi connectivity index (χ1n) is 9.30. The fourth-order valence-corrected chi connectivity index (χ4v) is 2.35. The number of carboxylic acid groups (broad SMARTS) is 2. The van der Waals surface area contributed by atoms with Crippen molar-refractivity contribution in [3.8, 4) is 0 Å². The van der Waals surface area contributed by atoms with Crippen molar-refractivity contribution in [2.24, 2.45) is 17.4 Å². The molecule has 0 heterocycles. The summed E-state index contributed by atoms with van der Waals surface area (Å²) in [7, 11) is 0. The molecule has 0 spiro atoms. The molecule has 4 atom stereocenters. The largest absolute Gasteiger partial charge is 0.481 e. The van der Waals surface area contributed by atoms with Crippen molar-refractivity contribution in [3.63, 3.8) is 0 Å². The first kappa shape index (κ1) is 27.7. The molecule has 4 unspecified atom stereocenters. The van der Waals surface area contributed by atoms with Gasteiger partial charge in [-0.15, -0.1) is 0 Å². The van der Waals surface area contributed by atoms with Gasteiger partial charge in [-0.25, -0.2) is 4.79 Å². The number of carbonyl (C=O) groups excluding carboxylic acids is 4. The monoisotopic (exact) mass is 447 g/mol. The molecule has 0 fully saturated rings. The average molecular weight is 447 g/mol. The zero-order valence-corrected chi connectivity index (χ0v) is 17.2. The van der Waals surface area contributed by atoms with Crippen molar-refractivity contribution in [1.82, 2.24) is 16.0 Å². The van der Waals surface area contributed by atoms with Crippen LogP contribution in [0.5, 0.6) is 0 Å². The van der Waals surface area contributed by atoms with Gasteiger partial charge >= 0.3 is 11.9 Å². The second-order valence-electron chi connectivity index (χ2n) is 7.08. The Hall–Kier alpha value is -3.26. The van der Waals surface area contributed by atoms with Crippen molar-refractivity contribution in [2.75, 3.05) is 6.61 Å². The van der Waals surface area contributed by atoms with Crippen LogP contribution >= 0.6 is 0 Å². The molecule has 0 radical (unpaired) electrons. The molecule has 14 nitrogen and oxygen atoms in total. The van der Waals surface area contributed by atoms with Crippen LogP contribution in [-0.2, 0) is 28.8 Å². The van der Waals surface area contributed by atoms with Gasteiger partial charge < -0.3 is 42.7 Å². The Morgan fingerprint density at radius 3 is 1.81 bits per heavy atom. The summed E-state index contributed by atoms with van der Waals surface area (Å²) in [5.74, 6) is -7.10. The van der Waals surface area contributed by atoms with Crippen LogP contribution in [0.3, 0.4) is 0 Å². The number of aliphatic hydroxyl groups excluding tert-OH is 1. The summed E-state index contributed by atoms with van der Waals surface area (Å²) in [6.07, 6.45) is -1.61. The minimum atomic E-state index is -1.58. The van der Waals surface area contributed by atoms with Crippen LogP contribution < -0.4 is 27.4 Å². The maximum Gasteiger partial charge on any atom is 0.326 e. The number of nitrogens with two attached hydrogens (primary N) is 2. The smallest absolute Gasteiger partial charge is 0.326 e. The Labute approximate surface area is 177 Å². The lowest BCUT2D eigenvalue weighted by Gasteiger charge is -2.25. The van der Waals surface area contributed by atoms with Crippen LogP contribution in [0.25, 0.3) is 0 Å². The summed E-state index contributed by atoms with van der Waals surface area (Å²) < 4.78 is 0. The molecular formula is C17H29N5O9. The third-order valence-corrected chi connectivity index (χ3v) is 4.08. The molecule has 0 saturated heterocycles. The highest BCUT2D eigenvalue weighted by atomic mass is 16.4. The number of primary amides is 1. The molecule has 0 rings (SSSR count). The SMILES string of the molecule is CC(C)C(NC(=O)C(CC(N)=O)NC(=O)C(CCC(=O)O)NC(=O)C(N)CO)C(=O)O. The minimum Gasteiger partial charge on any atom is -0.481 e. The van der Waals surface area contributed by atoms with E-state index in [1.54, 1.807) is 0 Å². The highest BCUT2D eigenvalue weighted by Gasteiger charge is 2.32. The lowest BCUT2D eigenvalue weighted by atomic mass is 10.0. The van der Waals surface area contributed by atoms with Gasteiger partial charge in [0.05, 0.1) is 13.0 Å². The molecule has 0 aliphatic heterocycles. The molecule has 176 valence electrons. The molecule has 0 saturated carbocycles. The van der Waals surface area contributed by atoms with Crippen molar-refractivity contribution in [1.29, 1.82) is 0 Å². The number of hydrogen-bond donors (Lipinski definition) is 8. The van der Waals surface area contributed by atoms with Gasteiger partial charge in [-0.1, -0.05) is 13.8 Å². The highest BCUT2D eigenvalue weighted by Crippen LogP contribution is 2.05. The molecule has 31 heavy (non-hydrogen) atoms. The standard InChI is InChI=1S/C17H29N5O9/c1-7(2)13(17(30)31)22-16(29)10(5-11(19)24)21-15(28)9(3-4-12(25)26)20-14(27)8(18)6-23/h7-10,13,23H,3-6,18H2,1-2H3,(H2,19,24)(H,20,27)(H,21,28)(H,22,29)(H,25,26)(H,30,31). The van der Waals surface area contributed by atoms with E-state index in [4.69, 9.17) is 21.7 Å². The fraction of sp³-hybridized carbons (Fsp3) is 0.647. The van der Waals surface area contributed by atoms with E-state index in [2.05, 4.69) is 16.0 Å². The molecule has 0 aromatic heterocycles. The maximum absolute atomic E-state index is 12.6. The van der Waals surface area contributed by atoms with Crippen molar-refractivity contribution < 1.29 is 44.1 Å². The third-order valence-electron chi connectivity index (χ3n) is 4.08. The van der Waals surface area contributed by atoms with Gasteiger partial charge in [-0.2, -0.15) is 0 Å². The van der Waals surface area contributed by atoms with E-state index < -0.39 is 85.1 Å². The molecular weight excluding hydrogens is 418 g/mol. The summed E-state index contributed by atoms with van der Waals surface area (Å²) in [5.41, 5.74) is 10.4. The summed E-state index contributed by atoms with van der Waals surface area (Å²) in [5, 5.41) is 33.5. The van der Waals surface area contributed by atoms with E-state index in [-0.39, 0.29) is 6.42 Å². The summed E-state index contributed by atoms with van der Waals surface area (Å²) in [6.45, 7) is 2.32. The lowest BCUT2D eigenvalue weighted by Crippen LogP contribution is -2.58. The van der Waals surface area contributed by atoms with Crippen molar-refractivity contribution in [2.45, 2.75) is 57.3 Å². The first-order valence-corrected chi connectivity index (χ1v) is 9.30. The van der Waals surface area contributed by atoms with Gasteiger partial charge in [-0.3, -0.25) is 24.0 Å². The number of amides is 4. The average Bonchev–Trinajstić information content (AvgIpc) is 2.66. The molecule has 0 aliphatic carbocycles. The second kappa shape index (κ2) is 13.1. The molecule has 14 heteroatoms. The number of carboxylic acids is 2. The fourth-order valence-electron chi connectivity index (χ4n) is 2.35. The molecule has 0 aromatic rings. The highest BCUT2D eigenvalue weighted by molar-refractivity contribution is 5.96. The van der Waals surface area contributed by atoms with Crippen LogP contribution in [0.2, 0.25) is 0 Å². The predicted molar refractivity (Wildman–Crippen MR) is 104 cm³/mol. The number of rotatable bonds is 14. The van der Waals surface area contributed by atoms with E-state index >= 15 is 0 Å². The van der Waals surface area contributed by atoms with Gasteiger partial charge in [0, 0.05) is 6.42 Å². The molecule has 0 bridgehead atoms. The van der Waals surface area contributed by atoms with Gasteiger partial charge in [0.1, 0.15) is 24.2 Å². The summed E-state index contributed by atoms with van der Waals surface area (Å²) in [4.78, 5) is 70.4. The van der Waals surface area contributed by atoms with Crippen molar-refractivity contribution >= 4 is 35.6 Å². The Balaban J connectivity index is 5.53. The van der Waals surface area contributed by atoms with Crippen molar-refractivity contribution in [3.05, 3.63) is 0 Å². The Kier molecular flexibility index (Phi) is 11.7. The second-order valence-corrected chi connectivity index (χ2v) is 7.08. The predicted octanol–water partition coefficient (Wildman–Crippen LogP) is -3.76. The van der Waals surface area contributed by atoms with E-state index in [1.807, 2.05) is 0 Å². The number of carbonyl (C=O) groups is 6. The van der Waals surface area contributed by atoms with Crippen LogP contribution in [0.15, 0.2) is 0 Å². The number of nitrogens with one attached hydrogen (secondary N) is 3. The quantitative estimate of drug-likeness (QED) is 0.129. The van der Waals surface area contributed by atoms with E-state index in [0.717, 1.165) is 0 Å². The van der Waals surface area contributed by atoms with E-state index in [1.165, 1.54) is 13.8 Å². The molecule has 0 aliphatic rings. The van der Waals surface area contributed by atoms with Gasteiger partial charge in [0.15, 0.2) is 0 Å². The maximum atomic E-state index is 12.6. The van der Waals surface area contributed by atoms with Gasteiger partial charge in [-0.05, 0) is 12.3 Å². The van der Waals surface area contributed by atoms with Gasteiger partial charge in [0.2, 0.25) is 23.6 Å². The van der Waals surface area contributed by atoms with Crippen LogP contribution in [-0.4, -0.2) is 81.7 Å². The molecule has 0 aromatic carbocycles. The molecule has 4 amide bonds. The zero-order chi connectivity index (χ0) is 24.3. The third kappa shape index (κ3) is 10.4. The Morgan fingerprint density at radius 2 is 1.39 bits per heavy atom. The minimum absolute atomic E-state index is 0.389. The number of aliphatic carboxylic acids is 2. The van der Waals surface area contributed by atoms with E-state index in [9.17, 15) is 33.9 Å². The van der Waals surface area contributed by atoms with E-state index in [0.29, 0.717) is 0 Å². The zero-order valence-electron chi connectivity index (χ0n) is 17.2. The number of hydrogen-bond acceptors (Lipinski definition) is 8. The Morgan fingerprint density at radius 1 is 0.871 bits per heavy atom. The normalized spacial score (nSPS) is 14.6. The summed E-state index contributed by atoms with van der Waals surface area (Å²) in [6, 6.07) is -5.75. The topological polar surface area (TPSA) is 251 Å². The Bertz CT molecular complexity index is 697. The van der Waals surface area contributed by atoms with Gasteiger partial charge in [0.25, 0.3) is 0 Å². The number of aliphatic hydroxyl groups is 1. The summed E-state index contributed by atoms with van der Waals surface area (Å²) >= 11 is 0. The van der Waals surface area contributed by atoms with Crippen LogP contribution in [0.4, 0.5) is 0 Å². The first-order chi connectivity index (χ1) is 14.3. The lowest BCUT2D eigenvalue weighted by molar-refractivity contribution is -0.143. The van der Waals surface area contributed by atoms with Crippen LogP contribution in [0, 0.1) is 5.92 Å².